The van der Waals surface area contributed by atoms with Crippen molar-refractivity contribution < 1.29 is 14.7 Å². The van der Waals surface area contributed by atoms with Crippen LogP contribution >= 0.6 is 24.0 Å². The normalized spacial score (nSPS) is 19.1. The first-order valence-electron chi connectivity index (χ1n) is 13.7. The molecule has 4 heterocycles. The van der Waals surface area contributed by atoms with Crippen molar-refractivity contribution >= 4 is 57.7 Å². The van der Waals surface area contributed by atoms with Gasteiger partial charge in [0.15, 0.2) is 0 Å². The third-order valence-electron chi connectivity index (χ3n) is 6.87. The number of benzene rings is 1. The Hall–Kier alpha value is -3.54. The first-order valence-corrected chi connectivity index (χ1v) is 14.9. The van der Waals surface area contributed by atoms with E-state index in [0.29, 0.717) is 32.8 Å². The van der Waals surface area contributed by atoms with E-state index in [2.05, 4.69) is 38.3 Å². The third kappa shape index (κ3) is 7.64. The number of anilines is 1. The van der Waals surface area contributed by atoms with Gasteiger partial charge in [0.25, 0.3) is 17.4 Å². The number of aryl methyl sites for hydroxylation is 1. The number of carbonyl (C=O) groups is 2. The molecule has 1 aromatic carbocycles. The molecule has 42 heavy (non-hydrogen) atoms. The molecule has 2 aliphatic heterocycles. The first kappa shape index (κ1) is 31.4. The van der Waals surface area contributed by atoms with Crippen molar-refractivity contribution in [1.29, 1.82) is 0 Å². The van der Waals surface area contributed by atoms with Crippen LogP contribution in [0.5, 0.6) is 0 Å². The molecule has 0 aliphatic carbocycles. The van der Waals surface area contributed by atoms with E-state index in [4.69, 9.17) is 27.1 Å². The molecule has 0 saturated carbocycles. The summed E-state index contributed by atoms with van der Waals surface area (Å²) in [6.07, 6.45) is 5.17. The molecule has 1 amide bonds. The lowest BCUT2D eigenvalue weighted by Gasteiger charge is -2.46. The van der Waals surface area contributed by atoms with Crippen molar-refractivity contribution in [1.82, 2.24) is 19.6 Å². The highest BCUT2D eigenvalue weighted by Gasteiger charge is 2.38. The van der Waals surface area contributed by atoms with Crippen molar-refractivity contribution in [2.75, 3.05) is 5.32 Å². The number of hydrogen-bond donors (Lipinski definition) is 3. The van der Waals surface area contributed by atoms with E-state index in [0.717, 1.165) is 30.9 Å². The molecule has 2 fully saturated rings. The fourth-order valence-corrected chi connectivity index (χ4v) is 6.89. The summed E-state index contributed by atoms with van der Waals surface area (Å²) in [5.41, 5.74) is 2.48. The van der Waals surface area contributed by atoms with Crippen molar-refractivity contribution in [3.63, 3.8) is 0 Å². The van der Waals surface area contributed by atoms with Gasteiger partial charge in [0, 0.05) is 30.2 Å². The van der Waals surface area contributed by atoms with Gasteiger partial charge in [0.2, 0.25) is 0 Å². The lowest BCUT2D eigenvalue weighted by molar-refractivity contribution is -0.134. The number of rotatable bonds is 5. The zero-order valence-corrected chi connectivity index (χ0v) is 26.4. The Morgan fingerprint density at radius 2 is 1.76 bits per heavy atom. The van der Waals surface area contributed by atoms with E-state index in [1.54, 1.807) is 21.6 Å². The summed E-state index contributed by atoms with van der Waals surface area (Å²) in [4.78, 5) is 43.1. The maximum Gasteiger partial charge on any atom is 0.300 e. The minimum Gasteiger partial charge on any atom is -0.481 e. The van der Waals surface area contributed by atoms with Crippen LogP contribution in [-0.2, 0) is 16.1 Å². The Morgan fingerprint density at radius 3 is 2.38 bits per heavy atom. The summed E-state index contributed by atoms with van der Waals surface area (Å²) >= 11 is 6.78. The number of pyridine rings is 1. The molecule has 0 spiro atoms. The molecule has 11 heteroatoms. The van der Waals surface area contributed by atoms with Crippen LogP contribution in [0.25, 0.3) is 11.7 Å². The SMILES string of the molecule is CC(=O)O.Cc1ccc2nc(NC3CC(C)(C)NC(C)(C)C3)c(/C=C3\SC(=S)N(Cc4ccccc4)C3=O)c(=O)n2c1. The molecular formula is C31H37N5O4S2. The van der Waals surface area contributed by atoms with Gasteiger partial charge in [-0.05, 0) is 70.7 Å². The number of carboxylic acid groups (broad SMARTS) is 1. The number of aliphatic carboxylic acids is 1. The average molecular weight is 608 g/mol. The molecule has 5 rings (SSSR count). The lowest BCUT2D eigenvalue weighted by atomic mass is 9.79. The van der Waals surface area contributed by atoms with Gasteiger partial charge in [-0.1, -0.05) is 60.4 Å². The second-order valence-corrected chi connectivity index (χ2v) is 13.7. The zero-order valence-electron chi connectivity index (χ0n) is 24.7. The number of thioether (sulfide) groups is 1. The molecule has 0 unspecified atom stereocenters. The van der Waals surface area contributed by atoms with Gasteiger partial charge in [-0.15, -0.1) is 0 Å². The van der Waals surface area contributed by atoms with Crippen molar-refractivity contribution in [2.45, 2.75) is 78.0 Å². The summed E-state index contributed by atoms with van der Waals surface area (Å²) in [5, 5.41) is 14.7. The Morgan fingerprint density at radius 1 is 1.14 bits per heavy atom. The second kappa shape index (κ2) is 12.4. The van der Waals surface area contributed by atoms with Crippen LogP contribution in [-0.4, -0.2) is 52.7 Å². The molecule has 2 aromatic heterocycles. The molecule has 9 nitrogen and oxygen atoms in total. The van der Waals surface area contributed by atoms with Crippen LogP contribution in [0, 0.1) is 6.92 Å². The van der Waals surface area contributed by atoms with Crippen LogP contribution in [0.1, 0.15) is 64.2 Å². The largest absolute Gasteiger partial charge is 0.481 e. The Bertz CT molecular complexity index is 1590. The quantitative estimate of drug-likeness (QED) is 0.265. The van der Waals surface area contributed by atoms with Gasteiger partial charge in [-0.2, -0.15) is 0 Å². The summed E-state index contributed by atoms with van der Waals surface area (Å²) in [7, 11) is 0. The third-order valence-corrected chi connectivity index (χ3v) is 8.25. The maximum atomic E-state index is 13.8. The van der Waals surface area contributed by atoms with Crippen molar-refractivity contribution in [3.8, 4) is 0 Å². The molecule has 0 bridgehead atoms. The molecule has 0 atom stereocenters. The summed E-state index contributed by atoms with van der Waals surface area (Å²) < 4.78 is 2.03. The number of nitrogens with one attached hydrogen (secondary N) is 2. The Kier molecular flexibility index (Phi) is 9.24. The molecule has 2 saturated heterocycles. The van der Waals surface area contributed by atoms with Crippen LogP contribution in [0.4, 0.5) is 5.82 Å². The van der Waals surface area contributed by atoms with Gasteiger partial charge >= 0.3 is 0 Å². The van der Waals surface area contributed by atoms with Gasteiger partial charge in [0.05, 0.1) is 17.0 Å². The zero-order chi connectivity index (χ0) is 30.8. The van der Waals surface area contributed by atoms with E-state index in [1.807, 2.05) is 49.4 Å². The monoisotopic (exact) mass is 607 g/mol. The summed E-state index contributed by atoms with van der Waals surface area (Å²) in [5.74, 6) is -0.543. The number of thiocarbonyl (C=S) groups is 1. The standard InChI is InChI=1S/C29H33N5O2S2.C2H4O2/c1-18-11-12-23-31-24(30-20-14-28(2,3)32-29(4,5)15-20)21(25(35)33(23)16-18)13-22-26(36)34(27(37)38-22)17-19-9-7-6-8-10-19;1-2(3)4/h6-13,16,20,30,32H,14-15,17H2,1-5H3;1H3,(H,3,4)/b22-13-;. The smallest absolute Gasteiger partial charge is 0.300 e. The van der Waals surface area contributed by atoms with Gasteiger partial charge in [-0.25, -0.2) is 4.98 Å². The molecule has 0 radical (unpaired) electrons. The average Bonchev–Trinajstić information content (AvgIpc) is 3.12. The van der Waals surface area contributed by atoms with Gasteiger partial charge < -0.3 is 15.7 Å². The Balaban J connectivity index is 0.000000952. The van der Waals surface area contributed by atoms with Crippen LogP contribution in [0.3, 0.4) is 0 Å². The molecule has 222 valence electrons. The molecule has 3 aromatic rings. The van der Waals surface area contributed by atoms with Gasteiger partial charge in [0.1, 0.15) is 15.8 Å². The fourth-order valence-electron chi connectivity index (χ4n) is 5.65. The van der Waals surface area contributed by atoms with Crippen LogP contribution in [0.2, 0.25) is 0 Å². The van der Waals surface area contributed by atoms with E-state index < -0.39 is 5.97 Å². The Labute approximate surface area is 255 Å². The van der Waals surface area contributed by atoms with E-state index >= 15 is 0 Å². The highest BCUT2D eigenvalue weighted by atomic mass is 32.2. The minimum absolute atomic E-state index is 0.0809. The maximum absolute atomic E-state index is 13.8. The van der Waals surface area contributed by atoms with Crippen LogP contribution in [0.15, 0.2) is 58.4 Å². The summed E-state index contributed by atoms with van der Waals surface area (Å²) in [6, 6.07) is 13.6. The fraction of sp³-hybridized carbons (Fsp3) is 0.387. The number of carboxylic acids is 1. The number of amides is 1. The second-order valence-electron chi connectivity index (χ2n) is 12.0. The predicted octanol–water partition coefficient (Wildman–Crippen LogP) is 5.22. The predicted molar refractivity (Wildman–Crippen MR) is 173 cm³/mol. The first-order chi connectivity index (χ1) is 19.6. The number of nitrogens with zero attached hydrogens (tertiary/aromatic N) is 3. The number of aromatic nitrogens is 2. The van der Waals surface area contributed by atoms with E-state index in [9.17, 15) is 9.59 Å². The summed E-state index contributed by atoms with van der Waals surface area (Å²) in [6.45, 7) is 12.2. The molecule has 2 aliphatic rings. The van der Waals surface area contributed by atoms with Crippen molar-refractivity contribution in [3.05, 3.63) is 80.6 Å². The topological polar surface area (TPSA) is 116 Å². The number of fused-ring (bicyclic) bond motifs is 1. The van der Waals surface area contributed by atoms with E-state index in [1.165, 1.54) is 11.8 Å². The lowest BCUT2D eigenvalue weighted by Crippen LogP contribution is -2.60. The number of carbonyl (C=O) groups excluding carboxylic acids is 1. The number of hydrogen-bond acceptors (Lipinski definition) is 8. The van der Waals surface area contributed by atoms with Gasteiger partial charge in [-0.3, -0.25) is 23.7 Å². The minimum atomic E-state index is -0.833. The molecule has 3 N–H and O–H groups in total. The molecular weight excluding hydrogens is 571 g/mol. The highest BCUT2D eigenvalue weighted by Crippen LogP contribution is 2.35. The number of piperidine rings is 1. The highest BCUT2D eigenvalue weighted by molar-refractivity contribution is 8.26. The van der Waals surface area contributed by atoms with Crippen molar-refractivity contribution in [2.24, 2.45) is 0 Å². The van der Waals surface area contributed by atoms with Crippen LogP contribution < -0.4 is 16.2 Å². The van der Waals surface area contributed by atoms with E-state index in [-0.39, 0.29) is 28.6 Å².